The van der Waals surface area contributed by atoms with Crippen molar-refractivity contribution in [2.45, 2.75) is 50.2 Å². The smallest absolute Gasteiger partial charge is 0.318 e. The minimum atomic E-state index is -2.54. The molecule has 132 valence electrons. The van der Waals surface area contributed by atoms with Crippen LogP contribution in [0.1, 0.15) is 37.4 Å². The highest BCUT2D eigenvalue weighted by atomic mass is 19.3. The molecule has 3 rings (SSSR count). The number of amides is 3. The van der Waals surface area contributed by atoms with Gasteiger partial charge in [0.1, 0.15) is 0 Å². The van der Waals surface area contributed by atoms with E-state index in [1.165, 1.54) is 4.90 Å². The van der Waals surface area contributed by atoms with Crippen LogP contribution in [0.25, 0.3) is 0 Å². The fourth-order valence-electron chi connectivity index (χ4n) is 3.45. The fourth-order valence-corrected chi connectivity index (χ4v) is 3.45. The lowest BCUT2D eigenvalue weighted by atomic mass is 9.95. The van der Waals surface area contributed by atoms with Crippen molar-refractivity contribution in [3.63, 3.8) is 0 Å². The predicted octanol–water partition coefficient (Wildman–Crippen LogP) is 1.18. The first-order chi connectivity index (χ1) is 11.5. The number of urea groups is 1. The van der Waals surface area contributed by atoms with Crippen molar-refractivity contribution in [2.24, 2.45) is 7.05 Å². The number of rotatable bonds is 3. The summed E-state index contributed by atoms with van der Waals surface area (Å²) in [5.41, 5.74) is 0.764. The van der Waals surface area contributed by atoms with Gasteiger partial charge in [0.2, 0.25) is 5.91 Å². The maximum Gasteiger partial charge on any atom is 0.318 e. The van der Waals surface area contributed by atoms with E-state index in [9.17, 15) is 18.4 Å². The molecule has 2 N–H and O–H groups in total. The van der Waals surface area contributed by atoms with E-state index >= 15 is 0 Å². The number of imidazole rings is 1. The molecule has 3 atom stereocenters. The standard InChI is InChI=1S/C15H21F2N5O2/c1-21-8-18-7-11(21)13-9(4-5-12(23)20-13)19-15(24)22-6-2-3-10(22)14(16)17/h7-10,13-14H,2-6H2,1H3,(H,19,24)(H,20,23)/t9-,10+,13-/m0/s1. The van der Waals surface area contributed by atoms with Crippen LogP contribution in [-0.2, 0) is 11.8 Å². The first-order valence-electron chi connectivity index (χ1n) is 8.08. The van der Waals surface area contributed by atoms with Crippen LogP contribution in [0.2, 0.25) is 0 Å². The topological polar surface area (TPSA) is 79.3 Å². The SMILES string of the molecule is Cn1cncc1[C@H]1NC(=O)CC[C@@H]1NC(=O)N1CCC[C@@H]1C(F)F. The van der Waals surface area contributed by atoms with Crippen LogP contribution in [0, 0.1) is 0 Å². The molecule has 0 bridgehead atoms. The number of carbonyl (C=O) groups excluding carboxylic acids is 2. The minimum absolute atomic E-state index is 0.0988. The summed E-state index contributed by atoms with van der Waals surface area (Å²) in [6.45, 7) is 0.330. The zero-order valence-corrected chi connectivity index (χ0v) is 13.4. The Labute approximate surface area is 138 Å². The summed E-state index contributed by atoms with van der Waals surface area (Å²) < 4.78 is 27.9. The summed E-state index contributed by atoms with van der Waals surface area (Å²) >= 11 is 0. The Hall–Kier alpha value is -2.19. The quantitative estimate of drug-likeness (QED) is 0.866. The predicted molar refractivity (Wildman–Crippen MR) is 81.4 cm³/mol. The van der Waals surface area contributed by atoms with Crippen LogP contribution < -0.4 is 10.6 Å². The molecule has 2 fully saturated rings. The lowest BCUT2D eigenvalue weighted by molar-refractivity contribution is -0.123. The van der Waals surface area contributed by atoms with Gasteiger partial charge in [-0.2, -0.15) is 0 Å². The molecule has 1 aromatic rings. The number of likely N-dealkylation sites (tertiary alicyclic amines) is 1. The third-order valence-electron chi connectivity index (χ3n) is 4.73. The summed E-state index contributed by atoms with van der Waals surface area (Å²) in [4.78, 5) is 29.4. The monoisotopic (exact) mass is 341 g/mol. The number of hydrogen-bond acceptors (Lipinski definition) is 3. The first-order valence-corrected chi connectivity index (χ1v) is 8.08. The number of halogens is 2. The van der Waals surface area contributed by atoms with Crippen molar-refractivity contribution in [1.82, 2.24) is 25.1 Å². The number of aryl methyl sites for hydroxylation is 1. The van der Waals surface area contributed by atoms with Gasteiger partial charge in [-0.25, -0.2) is 18.6 Å². The van der Waals surface area contributed by atoms with Gasteiger partial charge in [-0.15, -0.1) is 0 Å². The maximum atomic E-state index is 13.0. The molecule has 0 saturated carbocycles. The number of aromatic nitrogens is 2. The van der Waals surface area contributed by atoms with E-state index < -0.39 is 24.5 Å². The molecule has 0 aromatic carbocycles. The largest absolute Gasteiger partial charge is 0.346 e. The molecule has 2 aliphatic rings. The lowest BCUT2D eigenvalue weighted by Gasteiger charge is -2.35. The van der Waals surface area contributed by atoms with E-state index in [1.54, 1.807) is 24.1 Å². The van der Waals surface area contributed by atoms with Crippen LogP contribution in [-0.4, -0.2) is 51.4 Å². The Morgan fingerprint density at radius 3 is 2.92 bits per heavy atom. The van der Waals surface area contributed by atoms with Gasteiger partial charge in [0.05, 0.1) is 36.3 Å². The summed E-state index contributed by atoms with van der Waals surface area (Å²) in [5.74, 6) is -0.0988. The van der Waals surface area contributed by atoms with E-state index in [1.807, 2.05) is 0 Å². The second-order valence-corrected chi connectivity index (χ2v) is 6.31. The molecule has 2 aliphatic heterocycles. The van der Waals surface area contributed by atoms with Crippen LogP contribution >= 0.6 is 0 Å². The molecule has 3 amide bonds. The molecule has 2 saturated heterocycles. The highest BCUT2D eigenvalue weighted by Gasteiger charge is 2.38. The fraction of sp³-hybridized carbons (Fsp3) is 0.667. The Morgan fingerprint density at radius 1 is 1.46 bits per heavy atom. The van der Waals surface area contributed by atoms with Crippen LogP contribution in [0.3, 0.4) is 0 Å². The summed E-state index contributed by atoms with van der Waals surface area (Å²) in [6, 6.07) is -2.30. The summed E-state index contributed by atoms with van der Waals surface area (Å²) in [6.07, 6.45) is 2.34. The molecular formula is C15H21F2N5O2. The molecule has 7 nitrogen and oxygen atoms in total. The van der Waals surface area contributed by atoms with E-state index in [0.717, 1.165) is 5.69 Å². The number of hydrogen-bond donors (Lipinski definition) is 2. The molecule has 9 heteroatoms. The number of piperidine rings is 1. The Kier molecular flexibility index (Phi) is 4.68. The van der Waals surface area contributed by atoms with Gasteiger partial charge in [0.25, 0.3) is 6.43 Å². The van der Waals surface area contributed by atoms with Gasteiger partial charge in [0, 0.05) is 20.0 Å². The van der Waals surface area contributed by atoms with Gasteiger partial charge in [-0.05, 0) is 19.3 Å². The van der Waals surface area contributed by atoms with Gasteiger partial charge in [0.15, 0.2) is 0 Å². The highest BCUT2D eigenvalue weighted by Crippen LogP contribution is 2.26. The van der Waals surface area contributed by atoms with E-state index in [-0.39, 0.29) is 18.4 Å². The molecule has 1 aromatic heterocycles. The number of nitrogens with one attached hydrogen (secondary N) is 2. The van der Waals surface area contributed by atoms with Crippen molar-refractivity contribution < 1.29 is 18.4 Å². The zero-order valence-electron chi connectivity index (χ0n) is 13.4. The second-order valence-electron chi connectivity index (χ2n) is 6.31. The molecule has 0 aliphatic carbocycles. The van der Waals surface area contributed by atoms with Crippen LogP contribution in [0.4, 0.5) is 13.6 Å². The number of carbonyl (C=O) groups is 2. The molecular weight excluding hydrogens is 320 g/mol. The third-order valence-corrected chi connectivity index (χ3v) is 4.73. The Morgan fingerprint density at radius 2 is 2.25 bits per heavy atom. The minimum Gasteiger partial charge on any atom is -0.346 e. The summed E-state index contributed by atoms with van der Waals surface area (Å²) in [5, 5.41) is 5.69. The first kappa shape index (κ1) is 16.7. The Bertz CT molecular complexity index is 621. The molecule has 0 unspecified atom stereocenters. The van der Waals surface area contributed by atoms with E-state index in [0.29, 0.717) is 25.8 Å². The average molecular weight is 341 g/mol. The highest BCUT2D eigenvalue weighted by molar-refractivity contribution is 5.79. The normalized spacial score (nSPS) is 27.4. The lowest BCUT2D eigenvalue weighted by Crippen LogP contribution is -2.55. The van der Waals surface area contributed by atoms with Gasteiger partial charge in [-0.3, -0.25) is 4.79 Å². The average Bonchev–Trinajstić information content (AvgIpc) is 3.17. The molecule has 0 radical (unpaired) electrons. The molecule has 0 spiro atoms. The number of alkyl halides is 2. The Balaban J connectivity index is 1.73. The van der Waals surface area contributed by atoms with Crippen molar-refractivity contribution in [1.29, 1.82) is 0 Å². The van der Waals surface area contributed by atoms with Crippen molar-refractivity contribution >= 4 is 11.9 Å². The number of nitrogens with zero attached hydrogens (tertiary/aromatic N) is 3. The molecule has 3 heterocycles. The van der Waals surface area contributed by atoms with Crippen molar-refractivity contribution in [3.8, 4) is 0 Å². The van der Waals surface area contributed by atoms with Gasteiger partial charge < -0.3 is 20.1 Å². The van der Waals surface area contributed by atoms with Crippen LogP contribution in [0.15, 0.2) is 12.5 Å². The van der Waals surface area contributed by atoms with Crippen molar-refractivity contribution in [3.05, 3.63) is 18.2 Å². The van der Waals surface area contributed by atoms with Gasteiger partial charge >= 0.3 is 6.03 Å². The van der Waals surface area contributed by atoms with E-state index in [4.69, 9.17) is 0 Å². The zero-order chi connectivity index (χ0) is 17.3. The van der Waals surface area contributed by atoms with Gasteiger partial charge in [-0.1, -0.05) is 0 Å². The second kappa shape index (κ2) is 6.74. The third kappa shape index (κ3) is 3.20. The van der Waals surface area contributed by atoms with Crippen LogP contribution in [0.5, 0.6) is 0 Å². The maximum absolute atomic E-state index is 13.0. The molecule has 24 heavy (non-hydrogen) atoms. The van der Waals surface area contributed by atoms with E-state index in [2.05, 4.69) is 15.6 Å². The summed E-state index contributed by atoms with van der Waals surface area (Å²) in [7, 11) is 1.80. The van der Waals surface area contributed by atoms with Crippen molar-refractivity contribution in [2.75, 3.05) is 6.54 Å².